The van der Waals surface area contributed by atoms with Crippen LogP contribution in [0.15, 0.2) is 48.8 Å². The van der Waals surface area contributed by atoms with E-state index in [9.17, 15) is 14.9 Å². The Morgan fingerprint density at radius 2 is 2.21 bits per heavy atom. The number of hydrogen-bond acceptors (Lipinski definition) is 5. The number of carbonyl (C=O) groups excluding carboxylic acids is 1. The largest absolute Gasteiger partial charge is 0.359 e. The summed E-state index contributed by atoms with van der Waals surface area (Å²) in [5, 5.41) is 11.3. The minimum absolute atomic E-state index is 0.0598. The number of rotatable bonds is 5. The number of nitro groups is 1. The lowest BCUT2D eigenvalue weighted by atomic mass is 10.1. The Bertz CT molecular complexity index is 1240. The maximum absolute atomic E-state index is 12.3. The van der Waals surface area contributed by atoms with Gasteiger partial charge in [-0.05, 0) is 37.3 Å². The fraction of sp³-hybridized carbons (Fsp3) is 0.0526. The topological polar surface area (TPSA) is 93.3 Å². The van der Waals surface area contributed by atoms with Crippen molar-refractivity contribution in [3.05, 3.63) is 80.2 Å². The quantitative estimate of drug-likeness (QED) is 0.212. The zero-order valence-corrected chi connectivity index (χ0v) is 16.1. The molecule has 0 saturated heterocycles. The van der Waals surface area contributed by atoms with Gasteiger partial charge < -0.3 is 4.98 Å². The van der Waals surface area contributed by atoms with Gasteiger partial charge in [-0.1, -0.05) is 17.7 Å². The minimum atomic E-state index is -0.529. The Morgan fingerprint density at radius 1 is 1.39 bits per heavy atom. The molecule has 140 valence electrons. The van der Waals surface area contributed by atoms with Crippen LogP contribution in [0.5, 0.6) is 0 Å². The summed E-state index contributed by atoms with van der Waals surface area (Å²) in [6.07, 6.45) is 6.72. The van der Waals surface area contributed by atoms with Gasteiger partial charge in [0.05, 0.1) is 22.0 Å². The Morgan fingerprint density at radius 3 is 2.93 bits per heavy atom. The van der Waals surface area contributed by atoms with Crippen molar-refractivity contribution in [2.24, 2.45) is 0 Å². The summed E-state index contributed by atoms with van der Waals surface area (Å²) < 4.78 is 1.87. The zero-order chi connectivity index (χ0) is 19.8. The smallest absolute Gasteiger partial charge is 0.288 e. The van der Waals surface area contributed by atoms with Gasteiger partial charge >= 0.3 is 0 Å². The van der Waals surface area contributed by atoms with E-state index in [1.54, 1.807) is 30.5 Å². The van der Waals surface area contributed by atoms with Crippen molar-refractivity contribution in [1.29, 1.82) is 0 Å². The average Bonchev–Trinajstić information content (AvgIpc) is 3.36. The molecule has 28 heavy (non-hydrogen) atoms. The highest BCUT2D eigenvalue weighted by Gasteiger charge is 2.19. The molecular weight excluding hydrogens is 400 g/mol. The third-order valence-electron chi connectivity index (χ3n) is 4.15. The van der Waals surface area contributed by atoms with Gasteiger partial charge in [0.2, 0.25) is 5.78 Å². The number of aromatic nitrogens is 3. The predicted molar refractivity (Wildman–Crippen MR) is 109 cm³/mol. The number of imidazole rings is 1. The van der Waals surface area contributed by atoms with Crippen molar-refractivity contribution in [2.75, 3.05) is 0 Å². The molecule has 0 saturated carbocycles. The first-order valence-corrected chi connectivity index (χ1v) is 9.42. The first-order chi connectivity index (χ1) is 13.4. The number of aromatic amines is 1. The fourth-order valence-electron chi connectivity index (χ4n) is 2.87. The van der Waals surface area contributed by atoms with Gasteiger partial charge in [0.15, 0.2) is 4.96 Å². The standard InChI is InChI=1S/C19H13ClN4O3S/c1-11-10-23-15(6-7-17(25)14-3-2-8-21-14)18(22-19(23)28-11)12-4-5-13(20)16(9-12)24(26)27/h2-10,21H,1H3/b7-6+. The van der Waals surface area contributed by atoms with E-state index in [-0.39, 0.29) is 16.5 Å². The normalized spacial score (nSPS) is 11.5. The van der Waals surface area contributed by atoms with Crippen LogP contribution in [-0.2, 0) is 0 Å². The Kier molecular flexibility index (Phi) is 4.58. The van der Waals surface area contributed by atoms with Gasteiger partial charge in [0.1, 0.15) is 5.02 Å². The van der Waals surface area contributed by atoms with Crippen LogP contribution in [0.2, 0.25) is 5.02 Å². The van der Waals surface area contributed by atoms with E-state index in [1.165, 1.54) is 29.5 Å². The van der Waals surface area contributed by atoms with E-state index in [1.807, 2.05) is 17.5 Å². The molecule has 4 rings (SSSR count). The molecule has 1 N–H and O–H groups in total. The highest BCUT2D eigenvalue weighted by atomic mass is 35.5. The second-order valence-electron chi connectivity index (χ2n) is 6.04. The Labute approximate surface area is 168 Å². The van der Waals surface area contributed by atoms with E-state index >= 15 is 0 Å². The number of nitro benzene ring substituents is 1. The second kappa shape index (κ2) is 7.06. The Hall–Kier alpha value is -3.23. The first kappa shape index (κ1) is 18.1. The molecular formula is C19H13ClN4O3S. The van der Waals surface area contributed by atoms with Crippen LogP contribution in [0, 0.1) is 17.0 Å². The van der Waals surface area contributed by atoms with Crippen LogP contribution in [0.1, 0.15) is 21.1 Å². The van der Waals surface area contributed by atoms with Gasteiger partial charge in [-0.15, -0.1) is 11.3 Å². The number of thiazole rings is 1. The summed E-state index contributed by atoms with van der Waals surface area (Å²) in [6, 6.07) is 7.99. The van der Waals surface area contributed by atoms with Crippen LogP contribution in [0.25, 0.3) is 22.3 Å². The number of aryl methyl sites for hydroxylation is 1. The molecule has 0 aliphatic rings. The lowest BCUT2D eigenvalue weighted by Crippen LogP contribution is -1.95. The lowest BCUT2D eigenvalue weighted by Gasteiger charge is -2.02. The van der Waals surface area contributed by atoms with Crippen molar-refractivity contribution in [3.8, 4) is 11.3 Å². The fourth-order valence-corrected chi connectivity index (χ4v) is 3.89. The van der Waals surface area contributed by atoms with Gasteiger partial charge in [-0.2, -0.15) is 0 Å². The highest BCUT2D eigenvalue weighted by Crippen LogP contribution is 2.34. The molecule has 0 atom stereocenters. The van der Waals surface area contributed by atoms with Crippen molar-refractivity contribution < 1.29 is 9.72 Å². The van der Waals surface area contributed by atoms with E-state index < -0.39 is 4.92 Å². The monoisotopic (exact) mass is 412 g/mol. The Balaban J connectivity index is 1.84. The number of hydrogen-bond donors (Lipinski definition) is 1. The number of H-pyrrole nitrogens is 1. The molecule has 0 amide bonds. The van der Waals surface area contributed by atoms with Gasteiger partial charge in [-0.25, -0.2) is 4.98 Å². The zero-order valence-electron chi connectivity index (χ0n) is 14.5. The summed E-state index contributed by atoms with van der Waals surface area (Å²) in [7, 11) is 0. The maximum Gasteiger partial charge on any atom is 0.288 e. The summed E-state index contributed by atoms with van der Waals surface area (Å²) in [4.78, 5) is 32.3. The summed E-state index contributed by atoms with van der Waals surface area (Å²) in [5.41, 5.74) is 2.04. The summed E-state index contributed by atoms with van der Waals surface area (Å²) in [5.74, 6) is -0.181. The molecule has 3 heterocycles. The molecule has 0 bridgehead atoms. The van der Waals surface area contributed by atoms with Crippen LogP contribution in [0.3, 0.4) is 0 Å². The van der Waals surface area contributed by atoms with Gasteiger partial charge in [-0.3, -0.25) is 19.3 Å². The van der Waals surface area contributed by atoms with Crippen LogP contribution < -0.4 is 0 Å². The molecule has 0 aliphatic heterocycles. The van der Waals surface area contributed by atoms with Crippen LogP contribution in [0.4, 0.5) is 5.69 Å². The van der Waals surface area contributed by atoms with Crippen molar-refractivity contribution in [1.82, 2.24) is 14.4 Å². The number of ketones is 1. The van der Waals surface area contributed by atoms with E-state index in [0.717, 1.165) is 9.84 Å². The number of fused-ring (bicyclic) bond motifs is 1. The number of nitrogens with zero attached hydrogens (tertiary/aromatic N) is 3. The third kappa shape index (κ3) is 3.23. The molecule has 3 aromatic heterocycles. The second-order valence-corrected chi connectivity index (χ2v) is 7.67. The highest BCUT2D eigenvalue weighted by molar-refractivity contribution is 7.17. The SMILES string of the molecule is Cc1cn2c(/C=C/C(=O)c3ccc[nH]3)c(-c3ccc(Cl)c([N+](=O)[O-])c3)nc2s1. The molecule has 0 unspecified atom stereocenters. The van der Waals surface area contributed by atoms with E-state index in [4.69, 9.17) is 11.6 Å². The number of carbonyl (C=O) groups is 1. The van der Waals surface area contributed by atoms with Gasteiger partial charge in [0.25, 0.3) is 5.69 Å². The van der Waals surface area contributed by atoms with E-state index in [0.29, 0.717) is 22.6 Å². The molecule has 1 aromatic carbocycles. The maximum atomic E-state index is 12.3. The van der Waals surface area contributed by atoms with Crippen LogP contribution in [-0.4, -0.2) is 25.1 Å². The molecule has 0 radical (unpaired) electrons. The summed E-state index contributed by atoms with van der Waals surface area (Å²) in [6.45, 7) is 1.96. The number of allylic oxidation sites excluding steroid dienone is 1. The third-order valence-corrected chi connectivity index (χ3v) is 5.37. The average molecular weight is 413 g/mol. The first-order valence-electron chi connectivity index (χ1n) is 8.22. The van der Waals surface area contributed by atoms with Crippen molar-refractivity contribution in [3.63, 3.8) is 0 Å². The predicted octanol–water partition coefficient (Wildman–Crippen LogP) is 5.16. The van der Waals surface area contributed by atoms with E-state index in [2.05, 4.69) is 9.97 Å². The molecule has 4 aromatic rings. The van der Waals surface area contributed by atoms with Crippen molar-refractivity contribution >= 4 is 45.4 Å². The molecule has 0 spiro atoms. The molecule has 7 nitrogen and oxygen atoms in total. The number of halogens is 1. The van der Waals surface area contributed by atoms with Gasteiger partial charge in [0, 0.05) is 28.9 Å². The number of nitrogens with one attached hydrogen (secondary N) is 1. The minimum Gasteiger partial charge on any atom is -0.359 e. The van der Waals surface area contributed by atoms with Crippen molar-refractivity contribution in [2.45, 2.75) is 6.92 Å². The number of benzene rings is 1. The van der Waals surface area contributed by atoms with Crippen LogP contribution >= 0.6 is 22.9 Å². The molecule has 9 heteroatoms. The molecule has 0 fully saturated rings. The summed E-state index contributed by atoms with van der Waals surface area (Å²) >= 11 is 7.42. The molecule has 0 aliphatic carbocycles. The lowest BCUT2D eigenvalue weighted by molar-refractivity contribution is -0.384.